The first kappa shape index (κ1) is 21.6. The third-order valence-corrected chi connectivity index (χ3v) is 2.08. The Morgan fingerprint density at radius 1 is 1.20 bits per heavy atom. The van der Waals surface area contributed by atoms with Gasteiger partial charge in [-0.15, -0.1) is 0 Å². The first-order chi connectivity index (χ1) is 9.58. The summed E-state index contributed by atoms with van der Waals surface area (Å²) < 4.78 is 10.5. The van der Waals surface area contributed by atoms with Gasteiger partial charge in [0, 0.05) is 22.6 Å². The molecule has 0 radical (unpaired) electrons. The number of amides is 1. The number of nitrogens with two attached hydrogens (primary N) is 1. The number of hydrogen-bond donors (Lipinski definition) is 2. The average molecular weight is 294 g/mol. The van der Waals surface area contributed by atoms with Crippen LogP contribution in [0.1, 0.15) is 56.2 Å². The van der Waals surface area contributed by atoms with Gasteiger partial charge in [-0.1, -0.05) is 20.3 Å². The van der Waals surface area contributed by atoms with Crippen molar-refractivity contribution < 1.29 is 17.1 Å². The van der Waals surface area contributed by atoms with Crippen molar-refractivity contribution >= 4 is 5.91 Å². The highest BCUT2D eigenvalue weighted by molar-refractivity contribution is 5.77. The summed E-state index contributed by atoms with van der Waals surface area (Å²) in [5.41, 5.74) is 5.36. The molecule has 0 heterocycles. The van der Waals surface area contributed by atoms with Crippen LogP contribution in [-0.4, -0.2) is 44.9 Å². The van der Waals surface area contributed by atoms with Crippen molar-refractivity contribution in [1.82, 2.24) is 5.32 Å². The van der Waals surface area contributed by atoms with Gasteiger partial charge < -0.3 is 20.5 Å². The Bertz CT molecular complexity index is 209. The number of ether oxygens (including phenoxy) is 2. The molecule has 126 valence electrons. The van der Waals surface area contributed by atoms with E-state index in [9.17, 15) is 4.79 Å². The molecule has 0 aromatic rings. The lowest BCUT2D eigenvalue weighted by Crippen LogP contribution is -2.30. The van der Waals surface area contributed by atoms with E-state index >= 15 is 0 Å². The van der Waals surface area contributed by atoms with Gasteiger partial charge in [-0.25, -0.2) is 0 Å². The van der Waals surface area contributed by atoms with Gasteiger partial charge in [0.2, 0.25) is 5.91 Å². The van der Waals surface area contributed by atoms with Crippen LogP contribution in [0.3, 0.4) is 0 Å². The molecular formula is C15H38N2O3. The maximum absolute atomic E-state index is 11.2. The van der Waals surface area contributed by atoms with Crippen molar-refractivity contribution in [3.8, 4) is 0 Å². The molecule has 0 aliphatic heterocycles. The van der Waals surface area contributed by atoms with Crippen LogP contribution >= 0.6 is 0 Å². The molecule has 20 heavy (non-hydrogen) atoms. The number of hydrogen-bond acceptors (Lipinski definition) is 4. The molecule has 1 amide bonds. The van der Waals surface area contributed by atoms with Crippen LogP contribution in [-0.2, 0) is 14.3 Å². The van der Waals surface area contributed by atoms with Crippen LogP contribution in [0.15, 0.2) is 0 Å². The molecule has 5 nitrogen and oxygen atoms in total. The van der Waals surface area contributed by atoms with Crippen molar-refractivity contribution in [3.05, 3.63) is 0 Å². The van der Waals surface area contributed by atoms with Crippen molar-refractivity contribution in [2.24, 2.45) is 5.73 Å². The number of unbranched alkanes of at least 4 members (excludes halogenated alkanes) is 1. The van der Waals surface area contributed by atoms with Gasteiger partial charge in [-0.3, -0.25) is 4.79 Å². The number of nitrogens with one attached hydrogen (secondary N) is 1. The molecule has 0 fully saturated rings. The number of carbonyl (C=O) groups is 1. The molecule has 0 unspecified atom stereocenters. The molecule has 0 bridgehead atoms. The summed E-state index contributed by atoms with van der Waals surface area (Å²) in [6.45, 7) is 11.0. The lowest BCUT2D eigenvalue weighted by Gasteiger charge is -2.08. The lowest BCUT2D eigenvalue weighted by atomic mass is 10.3. The van der Waals surface area contributed by atoms with E-state index in [4.69, 9.17) is 15.2 Å². The summed E-state index contributed by atoms with van der Waals surface area (Å²) in [6.07, 6.45) is 4.18. The fourth-order valence-electron chi connectivity index (χ4n) is 1.15. The molecular weight excluding hydrogens is 256 g/mol. The fourth-order valence-corrected chi connectivity index (χ4v) is 1.15. The molecule has 3 N–H and O–H groups in total. The molecule has 0 saturated carbocycles. The van der Waals surface area contributed by atoms with Crippen molar-refractivity contribution in [2.75, 3.05) is 32.9 Å². The van der Waals surface area contributed by atoms with Gasteiger partial charge in [0.15, 0.2) is 0 Å². The monoisotopic (exact) mass is 294 g/mol. The second kappa shape index (κ2) is 18.4. The maximum Gasteiger partial charge on any atom is 0.246 e. The normalized spacial score (nSPS) is 10.1. The van der Waals surface area contributed by atoms with Gasteiger partial charge in [-0.2, -0.15) is 0 Å². The zero-order chi connectivity index (χ0) is 15.6. The Morgan fingerprint density at radius 3 is 2.35 bits per heavy atom. The van der Waals surface area contributed by atoms with E-state index in [1.165, 1.54) is 6.42 Å². The maximum atomic E-state index is 11.2. The SMILES string of the molecule is CC(C)OCC(=O)NCCCOCCCCN.CCC.[HH].[HH]. The van der Waals surface area contributed by atoms with Gasteiger partial charge in [-0.05, 0) is 39.7 Å². The van der Waals surface area contributed by atoms with Gasteiger partial charge in [0.05, 0.1) is 6.10 Å². The molecule has 0 saturated heterocycles. The van der Waals surface area contributed by atoms with E-state index in [2.05, 4.69) is 19.2 Å². The average Bonchev–Trinajstić information content (AvgIpc) is 2.40. The number of carbonyl (C=O) groups excluding carboxylic acids is 1. The van der Waals surface area contributed by atoms with Crippen molar-refractivity contribution in [3.63, 3.8) is 0 Å². The minimum Gasteiger partial charge on any atom is -0.381 e. The van der Waals surface area contributed by atoms with Crippen LogP contribution < -0.4 is 11.1 Å². The minimum atomic E-state index is -0.0677. The first-order valence-electron chi connectivity index (χ1n) is 7.74. The van der Waals surface area contributed by atoms with Crippen LogP contribution in [0.5, 0.6) is 0 Å². The Balaban J connectivity index is -0.000000297. The predicted octanol–water partition coefficient (Wildman–Crippen LogP) is 2.58. The summed E-state index contributed by atoms with van der Waals surface area (Å²) in [7, 11) is 0. The number of rotatable bonds is 11. The lowest BCUT2D eigenvalue weighted by molar-refractivity contribution is -0.127. The van der Waals surface area contributed by atoms with Crippen molar-refractivity contribution in [1.29, 1.82) is 0 Å². The van der Waals surface area contributed by atoms with E-state index in [-0.39, 0.29) is 21.5 Å². The molecule has 5 heteroatoms. The van der Waals surface area contributed by atoms with E-state index in [0.717, 1.165) is 32.4 Å². The highest BCUT2D eigenvalue weighted by Gasteiger charge is 2.01. The quantitative estimate of drug-likeness (QED) is 0.574. The molecule has 0 aromatic heterocycles. The zero-order valence-electron chi connectivity index (χ0n) is 13.7. The van der Waals surface area contributed by atoms with Gasteiger partial charge in [0.25, 0.3) is 0 Å². The second-order valence-corrected chi connectivity index (χ2v) is 4.88. The molecule has 0 aliphatic carbocycles. The predicted molar refractivity (Wildman–Crippen MR) is 88.0 cm³/mol. The summed E-state index contributed by atoms with van der Waals surface area (Å²) in [4.78, 5) is 11.2. The largest absolute Gasteiger partial charge is 0.381 e. The smallest absolute Gasteiger partial charge is 0.246 e. The van der Waals surface area contributed by atoms with Crippen LogP contribution in [0.2, 0.25) is 0 Å². The van der Waals surface area contributed by atoms with E-state index in [1.807, 2.05) is 13.8 Å². The van der Waals surface area contributed by atoms with Crippen LogP contribution in [0, 0.1) is 0 Å². The summed E-state index contributed by atoms with van der Waals surface area (Å²) >= 11 is 0. The van der Waals surface area contributed by atoms with E-state index < -0.39 is 0 Å². The van der Waals surface area contributed by atoms with Crippen molar-refractivity contribution in [2.45, 2.75) is 59.5 Å². The Hall–Kier alpha value is -0.650. The molecule has 0 rings (SSSR count). The Kier molecular flexibility index (Phi) is 19.9. The first-order valence-corrected chi connectivity index (χ1v) is 7.74. The molecule has 0 atom stereocenters. The van der Waals surface area contributed by atoms with Crippen LogP contribution in [0.25, 0.3) is 0 Å². The Labute approximate surface area is 127 Å². The second-order valence-electron chi connectivity index (χ2n) is 4.88. The van der Waals surface area contributed by atoms with E-state index in [0.29, 0.717) is 13.2 Å². The highest BCUT2D eigenvalue weighted by atomic mass is 16.5. The topological polar surface area (TPSA) is 73.6 Å². The highest BCUT2D eigenvalue weighted by Crippen LogP contribution is 1.89. The van der Waals surface area contributed by atoms with E-state index in [1.54, 1.807) is 0 Å². The Morgan fingerprint density at radius 2 is 1.80 bits per heavy atom. The minimum absolute atomic E-state index is 0. The van der Waals surface area contributed by atoms with Gasteiger partial charge >= 0.3 is 0 Å². The summed E-state index contributed by atoms with van der Waals surface area (Å²) in [5.74, 6) is -0.0677. The molecule has 0 spiro atoms. The third kappa shape index (κ3) is 22.5. The third-order valence-electron chi connectivity index (χ3n) is 2.08. The summed E-state index contributed by atoms with van der Waals surface area (Å²) in [5, 5.41) is 2.78. The van der Waals surface area contributed by atoms with Crippen LogP contribution in [0.4, 0.5) is 0 Å². The fraction of sp³-hybridized carbons (Fsp3) is 0.933. The molecule has 0 aliphatic rings. The standard InChI is InChI=1S/C12H26N2O3.C3H8.2H2/c1-11(2)17-10-12(15)14-7-5-9-16-8-4-3-6-13;1-3-2;;/h11H,3-10,13H2,1-2H3,(H,14,15);3H2,1-2H3;2*1H. The summed E-state index contributed by atoms with van der Waals surface area (Å²) in [6, 6.07) is 0. The zero-order valence-corrected chi connectivity index (χ0v) is 13.7. The molecule has 0 aromatic carbocycles. The van der Waals surface area contributed by atoms with Gasteiger partial charge in [0.1, 0.15) is 6.61 Å².